The number of rotatable bonds is 0. The normalized spacial score (nSPS) is 28.9. The van der Waals surface area contributed by atoms with E-state index in [0.29, 0.717) is 12.8 Å². The molecule has 2 heteroatoms. The van der Waals surface area contributed by atoms with E-state index in [1.54, 1.807) is 0 Å². The summed E-state index contributed by atoms with van der Waals surface area (Å²) in [4.78, 5) is 0. The summed E-state index contributed by atoms with van der Waals surface area (Å²) in [5.74, 6) is 0.407. The fourth-order valence-electron chi connectivity index (χ4n) is 1.63. The number of aliphatic hydroxyl groups is 2. The van der Waals surface area contributed by atoms with Gasteiger partial charge in [-0.15, -0.1) is 0 Å². The van der Waals surface area contributed by atoms with Gasteiger partial charge in [0.2, 0.25) is 0 Å². The van der Waals surface area contributed by atoms with E-state index in [1.165, 1.54) is 0 Å². The van der Waals surface area contributed by atoms with Gasteiger partial charge >= 0.3 is 0 Å². The highest BCUT2D eigenvalue weighted by Gasteiger charge is 2.03. The lowest BCUT2D eigenvalue weighted by atomic mass is 10.1. The number of allylic oxidation sites excluding steroid dienone is 4. The monoisotopic (exact) mass is 196 g/mol. The molecule has 0 amide bonds. The van der Waals surface area contributed by atoms with Crippen molar-refractivity contribution in [2.45, 2.75) is 51.4 Å². The first kappa shape index (κ1) is 11.2. The molecule has 0 aromatic heterocycles. The Morgan fingerprint density at radius 1 is 0.714 bits per heavy atom. The summed E-state index contributed by atoms with van der Waals surface area (Å²) >= 11 is 0. The molecule has 1 aliphatic rings. The molecule has 0 saturated heterocycles. The van der Waals surface area contributed by atoms with Gasteiger partial charge in [-0.1, -0.05) is 12.2 Å². The van der Waals surface area contributed by atoms with Gasteiger partial charge in [0.1, 0.15) is 11.5 Å². The SMILES string of the molecule is O/C1=C(/O)CCCC/C=C\CCCC1. The van der Waals surface area contributed by atoms with Gasteiger partial charge in [-0.3, -0.25) is 0 Å². The molecule has 0 saturated carbocycles. The summed E-state index contributed by atoms with van der Waals surface area (Å²) in [5, 5.41) is 18.9. The standard InChI is InChI=1S/C12H20O2/c13-11-9-7-5-3-1-2-4-6-8-10-12(11)14/h1-2,13-14H,3-10H2/b2-1-,12-11+. The quantitative estimate of drug-likeness (QED) is 0.575. The summed E-state index contributed by atoms with van der Waals surface area (Å²) in [6.07, 6.45) is 12.0. The molecule has 2 N–H and O–H groups in total. The van der Waals surface area contributed by atoms with Gasteiger partial charge in [0.25, 0.3) is 0 Å². The summed E-state index contributed by atoms with van der Waals surface area (Å²) in [7, 11) is 0. The Morgan fingerprint density at radius 3 is 1.57 bits per heavy atom. The van der Waals surface area contributed by atoms with Crippen LogP contribution in [0.1, 0.15) is 51.4 Å². The van der Waals surface area contributed by atoms with Crippen LogP contribution < -0.4 is 0 Å². The first-order valence-electron chi connectivity index (χ1n) is 5.55. The van der Waals surface area contributed by atoms with Crippen molar-refractivity contribution < 1.29 is 10.2 Å². The van der Waals surface area contributed by atoms with Crippen molar-refractivity contribution in [1.82, 2.24) is 0 Å². The molecule has 0 fully saturated rings. The Morgan fingerprint density at radius 2 is 1.14 bits per heavy atom. The summed E-state index contributed by atoms with van der Waals surface area (Å²) < 4.78 is 0. The van der Waals surface area contributed by atoms with E-state index in [-0.39, 0.29) is 11.5 Å². The number of hydrogen-bond acceptors (Lipinski definition) is 2. The maximum Gasteiger partial charge on any atom is 0.129 e. The maximum atomic E-state index is 9.47. The van der Waals surface area contributed by atoms with Crippen LogP contribution in [0.5, 0.6) is 0 Å². The third-order valence-electron chi connectivity index (χ3n) is 2.57. The van der Waals surface area contributed by atoms with E-state index in [1.807, 2.05) is 0 Å². The van der Waals surface area contributed by atoms with Crippen molar-refractivity contribution in [2.75, 3.05) is 0 Å². The van der Waals surface area contributed by atoms with Gasteiger partial charge in [0.15, 0.2) is 0 Å². The van der Waals surface area contributed by atoms with Crippen molar-refractivity contribution >= 4 is 0 Å². The van der Waals surface area contributed by atoms with E-state index in [9.17, 15) is 10.2 Å². The molecule has 0 heterocycles. The van der Waals surface area contributed by atoms with Gasteiger partial charge in [-0.25, -0.2) is 0 Å². The number of hydrogen-bond donors (Lipinski definition) is 2. The van der Waals surface area contributed by atoms with Crippen molar-refractivity contribution in [3.05, 3.63) is 23.7 Å². The summed E-state index contributed by atoms with van der Waals surface area (Å²) in [6.45, 7) is 0. The van der Waals surface area contributed by atoms with Crippen LogP contribution in [0.15, 0.2) is 23.7 Å². The zero-order valence-electron chi connectivity index (χ0n) is 8.71. The van der Waals surface area contributed by atoms with E-state index >= 15 is 0 Å². The van der Waals surface area contributed by atoms with Crippen molar-refractivity contribution in [3.8, 4) is 0 Å². The van der Waals surface area contributed by atoms with Crippen molar-refractivity contribution in [2.24, 2.45) is 0 Å². The van der Waals surface area contributed by atoms with Crippen LogP contribution in [0.3, 0.4) is 0 Å². The van der Waals surface area contributed by atoms with E-state index in [4.69, 9.17) is 0 Å². The second-order valence-electron chi connectivity index (χ2n) is 3.86. The molecule has 0 unspecified atom stereocenters. The van der Waals surface area contributed by atoms with Crippen LogP contribution in [-0.4, -0.2) is 10.2 Å². The maximum absolute atomic E-state index is 9.47. The highest BCUT2D eigenvalue weighted by atomic mass is 16.3. The molecule has 1 aliphatic carbocycles. The fraction of sp³-hybridized carbons (Fsp3) is 0.667. The Labute approximate surface area is 86.0 Å². The van der Waals surface area contributed by atoms with Crippen LogP contribution in [0.25, 0.3) is 0 Å². The van der Waals surface area contributed by atoms with E-state index in [0.717, 1.165) is 38.5 Å². The average molecular weight is 196 g/mol. The lowest BCUT2D eigenvalue weighted by Crippen LogP contribution is -1.93. The second-order valence-corrected chi connectivity index (χ2v) is 3.86. The third-order valence-corrected chi connectivity index (χ3v) is 2.57. The fourth-order valence-corrected chi connectivity index (χ4v) is 1.63. The predicted octanol–water partition coefficient (Wildman–Crippen LogP) is 4.00. The van der Waals surface area contributed by atoms with Crippen LogP contribution in [0.2, 0.25) is 0 Å². The molecule has 2 nitrogen and oxygen atoms in total. The first-order valence-corrected chi connectivity index (χ1v) is 5.55. The largest absolute Gasteiger partial charge is 0.509 e. The molecular formula is C12H20O2. The minimum absolute atomic E-state index is 0.203. The first-order chi connectivity index (χ1) is 6.80. The lowest BCUT2D eigenvalue weighted by Gasteiger charge is -2.05. The average Bonchev–Trinajstić information content (AvgIpc) is 2.18. The smallest absolute Gasteiger partial charge is 0.129 e. The molecule has 0 bridgehead atoms. The highest BCUT2D eigenvalue weighted by Crippen LogP contribution is 2.16. The van der Waals surface area contributed by atoms with E-state index < -0.39 is 0 Å². The molecule has 0 atom stereocenters. The lowest BCUT2D eigenvalue weighted by molar-refractivity contribution is 0.293. The van der Waals surface area contributed by atoms with E-state index in [2.05, 4.69) is 12.2 Å². The van der Waals surface area contributed by atoms with Gasteiger partial charge in [0.05, 0.1) is 0 Å². The molecule has 0 spiro atoms. The third kappa shape index (κ3) is 4.35. The zero-order valence-corrected chi connectivity index (χ0v) is 8.71. The molecule has 0 aliphatic heterocycles. The van der Waals surface area contributed by atoms with Crippen molar-refractivity contribution in [3.63, 3.8) is 0 Å². The second kappa shape index (κ2) is 6.52. The molecular weight excluding hydrogens is 176 g/mol. The van der Waals surface area contributed by atoms with Gasteiger partial charge in [-0.2, -0.15) is 0 Å². The number of aliphatic hydroxyl groups excluding tert-OH is 2. The molecule has 80 valence electrons. The topological polar surface area (TPSA) is 40.5 Å². The molecule has 0 aromatic rings. The molecule has 1 rings (SSSR count). The van der Waals surface area contributed by atoms with Crippen LogP contribution in [0, 0.1) is 0 Å². The minimum atomic E-state index is 0.203. The predicted molar refractivity (Wildman–Crippen MR) is 58.4 cm³/mol. The zero-order chi connectivity index (χ0) is 10.2. The summed E-state index contributed by atoms with van der Waals surface area (Å²) in [5.41, 5.74) is 0. The van der Waals surface area contributed by atoms with Crippen molar-refractivity contribution in [1.29, 1.82) is 0 Å². The van der Waals surface area contributed by atoms with Gasteiger partial charge in [-0.05, 0) is 38.5 Å². The van der Waals surface area contributed by atoms with Crippen LogP contribution in [-0.2, 0) is 0 Å². The molecule has 0 radical (unpaired) electrons. The Balaban J connectivity index is 2.43. The molecule has 14 heavy (non-hydrogen) atoms. The summed E-state index contributed by atoms with van der Waals surface area (Å²) in [6, 6.07) is 0. The highest BCUT2D eigenvalue weighted by molar-refractivity contribution is 4.98. The van der Waals surface area contributed by atoms with Gasteiger partial charge in [0, 0.05) is 12.8 Å². The van der Waals surface area contributed by atoms with Crippen LogP contribution in [0.4, 0.5) is 0 Å². The van der Waals surface area contributed by atoms with Gasteiger partial charge < -0.3 is 10.2 Å². The Kier molecular flexibility index (Phi) is 5.20. The Hall–Kier alpha value is -0.920. The van der Waals surface area contributed by atoms with Crippen LogP contribution >= 0.6 is 0 Å². The Bertz CT molecular complexity index is 194. The minimum Gasteiger partial charge on any atom is -0.509 e. The molecule has 0 aromatic carbocycles.